The maximum atomic E-state index is 13.3. The van der Waals surface area contributed by atoms with Gasteiger partial charge in [0.1, 0.15) is 5.82 Å². The average Bonchev–Trinajstić information content (AvgIpc) is 2.52. The van der Waals surface area contributed by atoms with Gasteiger partial charge in [-0.05, 0) is 30.7 Å². The van der Waals surface area contributed by atoms with Crippen LogP contribution < -0.4 is 10.2 Å². The van der Waals surface area contributed by atoms with Crippen molar-refractivity contribution in [2.24, 2.45) is 0 Å². The molecule has 1 unspecified atom stereocenters. The van der Waals surface area contributed by atoms with Crippen LogP contribution in [-0.4, -0.2) is 25.9 Å². The number of halogens is 1. The van der Waals surface area contributed by atoms with Gasteiger partial charge in [-0.2, -0.15) is 0 Å². The number of fused-ring (bicyclic) bond motifs is 1. The molecule has 4 nitrogen and oxygen atoms in total. The lowest BCUT2D eigenvalue weighted by Gasteiger charge is -2.22. The summed E-state index contributed by atoms with van der Waals surface area (Å²) in [5.41, 5.74) is 0.234. The van der Waals surface area contributed by atoms with Gasteiger partial charge in [-0.3, -0.25) is 9.59 Å². The van der Waals surface area contributed by atoms with E-state index in [2.05, 4.69) is 5.32 Å². The van der Waals surface area contributed by atoms with Crippen molar-refractivity contribution in [3.8, 4) is 0 Å². The zero-order chi connectivity index (χ0) is 13.5. The van der Waals surface area contributed by atoms with E-state index in [0.717, 1.165) is 0 Å². The molecule has 18 heavy (non-hydrogen) atoms. The van der Waals surface area contributed by atoms with Crippen LogP contribution >= 0.6 is 0 Å². The molecule has 96 valence electrons. The van der Waals surface area contributed by atoms with Crippen LogP contribution in [0.15, 0.2) is 18.2 Å². The summed E-state index contributed by atoms with van der Waals surface area (Å²) in [6, 6.07) is 4.21. The first-order valence-corrected chi connectivity index (χ1v) is 5.69. The lowest BCUT2D eigenvalue weighted by Crippen LogP contribution is -2.40. The molecule has 1 aliphatic heterocycles. The third-order valence-electron chi connectivity index (χ3n) is 3.48. The Balaban J connectivity index is 2.53. The largest absolute Gasteiger partial charge is 0.359 e. The molecule has 0 radical (unpaired) electrons. The Kier molecular flexibility index (Phi) is 2.84. The van der Waals surface area contributed by atoms with Crippen LogP contribution in [-0.2, 0) is 15.0 Å². The monoisotopic (exact) mass is 250 g/mol. The van der Waals surface area contributed by atoms with Crippen LogP contribution in [0, 0.1) is 5.82 Å². The van der Waals surface area contributed by atoms with Gasteiger partial charge in [0.05, 0.1) is 5.41 Å². The summed E-state index contributed by atoms with van der Waals surface area (Å²) in [5, 5.41) is 2.49. The molecule has 0 bridgehead atoms. The second kappa shape index (κ2) is 4.08. The van der Waals surface area contributed by atoms with Crippen molar-refractivity contribution >= 4 is 17.5 Å². The molecule has 1 heterocycles. The molecule has 0 saturated carbocycles. The van der Waals surface area contributed by atoms with E-state index in [0.29, 0.717) is 11.3 Å². The standard InChI is InChI=1S/C13H15FN2O2/c1-13(7-11(17)15-2)9-6-8(14)4-5-10(9)16(3)12(13)18/h4-6H,7H2,1-3H3,(H,15,17). The highest BCUT2D eigenvalue weighted by molar-refractivity contribution is 6.09. The minimum absolute atomic E-state index is 0.0170. The van der Waals surface area contributed by atoms with E-state index in [9.17, 15) is 14.0 Å². The summed E-state index contributed by atoms with van der Waals surface area (Å²) in [7, 11) is 3.15. The minimum Gasteiger partial charge on any atom is -0.359 e. The van der Waals surface area contributed by atoms with Gasteiger partial charge in [-0.25, -0.2) is 4.39 Å². The number of anilines is 1. The number of benzene rings is 1. The molecular weight excluding hydrogens is 235 g/mol. The Bertz CT molecular complexity index is 530. The van der Waals surface area contributed by atoms with E-state index in [1.165, 1.54) is 24.1 Å². The number of hydrogen-bond acceptors (Lipinski definition) is 2. The fourth-order valence-corrected chi connectivity index (χ4v) is 2.42. The molecule has 0 aromatic heterocycles. The first kappa shape index (κ1) is 12.5. The van der Waals surface area contributed by atoms with E-state index in [4.69, 9.17) is 0 Å². The Labute approximate surface area is 105 Å². The van der Waals surface area contributed by atoms with Crippen molar-refractivity contribution in [2.75, 3.05) is 19.0 Å². The maximum Gasteiger partial charge on any atom is 0.237 e. The Morgan fingerprint density at radius 1 is 1.50 bits per heavy atom. The number of carbonyl (C=O) groups is 2. The molecule has 2 rings (SSSR count). The highest BCUT2D eigenvalue weighted by Crippen LogP contribution is 2.43. The number of nitrogens with one attached hydrogen (secondary N) is 1. The van der Waals surface area contributed by atoms with Gasteiger partial charge in [0, 0.05) is 26.2 Å². The molecule has 1 aliphatic rings. The lowest BCUT2D eigenvalue weighted by atomic mass is 9.80. The summed E-state index contributed by atoms with van der Waals surface area (Å²) in [6.45, 7) is 1.67. The number of amides is 2. The van der Waals surface area contributed by atoms with Crippen LogP contribution in [0.3, 0.4) is 0 Å². The quantitative estimate of drug-likeness (QED) is 0.857. The molecule has 1 aromatic rings. The number of rotatable bonds is 2. The topological polar surface area (TPSA) is 49.4 Å². The van der Waals surface area contributed by atoms with Crippen LogP contribution in [0.25, 0.3) is 0 Å². The molecule has 2 amide bonds. The first-order chi connectivity index (χ1) is 8.40. The van der Waals surface area contributed by atoms with Crippen molar-refractivity contribution < 1.29 is 14.0 Å². The van der Waals surface area contributed by atoms with Gasteiger partial charge in [-0.15, -0.1) is 0 Å². The number of hydrogen-bond donors (Lipinski definition) is 1. The van der Waals surface area contributed by atoms with Gasteiger partial charge < -0.3 is 10.2 Å². The third-order valence-corrected chi connectivity index (χ3v) is 3.48. The maximum absolute atomic E-state index is 13.3. The van der Waals surface area contributed by atoms with Crippen LogP contribution in [0.4, 0.5) is 10.1 Å². The van der Waals surface area contributed by atoms with Crippen molar-refractivity contribution in [1.29, 1.82) is 0 Å². The van der Waals surface area contributed by atoms with E-state index in [1.807, 2.05) is 0 Å². The van der Waals surface area contributed by atoms with Crippen LogP contribution in [0.2, 0.25) is 0 Å². The van der Waals surface area contributed by atoms with E-state index in [-0.39, 0.29) is 18.2 Å². The average molecular weight is 250 g/mol. The molecule has 0 aliphatic carbocycles. The van der Waals surface area contributed by atoms with Crippen LogP contribution in [0.5, 0.6) is 0 Å². The SMILES string of the molecule is CNC(=O)CC1(C)C(=O)N(C)c2ccc(F)cc21. The van der Waals surface area contributed by atoms with E-state index < -0.39 is 11.2 Å². The molecule has 5 heteroatoms. The predicted octanol–water partition coefficient (Wildman–Crippen LogP) is 1.20. The Morgan fingerprint density at radius 3 is 2.78 bits per heavy atom. The number of likely N-dealkylation sites (N-methyl/N-ethyl adjacent to an activating group) is 1. The van der Waals surface area contributed by atoms with Gasteiger partial charge in [0.15, 0.2) is 0 Å². The van der Waals surface area contributed by atoms with E-state index in [1.54, 1.807) is 20.0 Å². The zero-order valence-corrected chi connectivity index (χ0v) is 10.6. The molecule has 1 atom stereocenters. The Hall–Kier alpha value is -1.91. The summed E-state index contributed by atoms with van der Waals surface area (Å²) >= 11 is 0. The molecule has 1 aromatic carbocycles. The first-order valence-electron chi connectivity index (χ1n) is 5.69. The van der Waals surface area contributed by atoms with E-state index >= 15 is 0 Å². The molecular formula is C13H15FN2O2. The molecule has 0 saturated heterocycles. The number of nitrogens with zero attached hydrogens (tertiary/aromatic N) is 1. The fraction of sp³-hybridized carbons (Fsp3) is 0.385. The summed E-state index contributed by atoms with van der Waals surface area (Å²) in [5.74, 6) is -0.831. The van der Waals surface area contributed by atoms with Gasteiger partial charge >= 0.3 is 0 Å². The molecule has 0 spiro atoms. The predicted molar refractivity (Wildman–Crippen MR) is 65.8 cm³/mol. The lowest BCUT2D eigenvalue weighted by molar-refractivity contribution is -0.128. The minimum atomic E-state index is -0.994. The molecule has 1 N–H and O–H groups in total. The van der Waals surface area contributed by atoms with Crippen molar-refractivity contribution in [3.05, 3.63) is 29.6 Å². The second-order valence-electron chi connectivity index (χ2n) is 4.71. The number of carbonyl (C=O) groups excluding carboxylic acids is 2. The normalized spacial score (nSPS) is 22.0. The summed E-state index contributed by atoms with van der Waals surface area (Å²) < 4.78 is 13.3. The van der Waals surface area contributed by atoms with Gasteiger partial charge in [0.25, 0.3) is 0 Å². The van der Waals surface area contributed by atoms with Crippen molar-refractivity contribution in [1.82, 2.24) is 5.32 Å². The molecule has 0 fully saturated rings. The third kappa shape index (κ3) is 1.66. The summed E-state index contributed by atoms with van der Waals surface area (Å²) in [6.07, 6.45) is 0.0170. The summed E-state index contributed by atoms with van der Waals surface area (Å²) in [4.78, 5) is 25.3. The fourth-order valence-electron chi connectivity index (χ4n) is 2.42. The highest BCUT2D eigenvalue weighted by Gasteiger charge is 2.47. The van der Waals surface area contributed by atoms with Gasteiger partial charge in [-0.1, -0.05) is 0 Å². The highest BCUT2D eigenvalue weighted by atomic mass is 19.1. The van der Waals surface area contributed by atoms with Crippen molar-refractivity contribution in [3.63, 3.8) is 0 Å². The van der Waals surface area contributed by atoms with Crippen molar-refractivity contribution in [2.45, 2.75) is 18.8 Å². The second-order valence-corrected chi connectivity index (χ2v) is 4.71. The van der Waals surface area contributed by atoms with Gasteiger partial charge in [0.2, 0.25) is 11.8 Å². The zero-order valence-electron chi connectivity index (χ0n) is 10.6. The Morgan fingerprint density at radius 2 is 2.17 bits per heavy atom. The smallest absolute Gasteiger partial charge is 0.237 e. The van der Waals surface area contributed by atoms with Crippen LogP contribution in [0.1, 0.15) is 18.9 Å².